The summed E-state index contributed by atoms with van der Waals surface area (Å²) in [4.78, 5) is 71.5. The molecule has 2 aromatic carbocycles. The summed E-state index contributed by atoms with van der Waals surface area (Å²) in [7, 11) is 0.835. The molecule has 2 aliphatic rings. The van der Waals surface area contributed by atoms with E-state index in [4.69, 9.17) is 19.4 Å². The molecule has 0 bridgehead atoms. The Balaban J connectivity index is 1.14. The molecule has 0 unspecified atom stereocenters. The van der Waals surface area contributed by atoms with E-state index in [0.717, 1.165) is 58.1 Å². The number of alkyl carbamates (subject to hydrolysis) is 2. The first kappa shape index (κ1) is 40.1. The summed E-state index contributed by atoms with van der Waals surface area (Å²) in [6.07, 6.45) is 2.83. The summed E-state index contributed by atoms with van der Waals surface area (Å²) < 4.78 is 9.55. The van der Waals surface area contributed by atoms with Gasteiger partial charge in [0.25, 0.3) is 0 Å². The van der Waals surface area contributed by atoms with Crippen LogP contribution < -0.4 is 10.6 Å². The van der Waals surface area contributed by atoms with Crippen LogP contribution in [0, 0.1) is 23.7 Å². The van der Waals surface area contributed by atoms with E-state index < -0.39 is 32.3 Å². The van der Waals surface area contributed by atoms with Gasteiger partial charge in [-0.15, -0.1) is 0 Å². The average Bonchev–Trinajstić information content (AvgIpc) is 3.99. The van der Waals surface area contributed by atoms with Crippen molar-refractivity contribution in [1.82, 2.24) is 40.4 Å². The summed E-state index contributed by atoms with van der Waals surface area (Å²) in [6, 6.07) is 12.8. The fourth-order valence-corrected chi connectivity index (χ4v) is 10.5. The molecule has 4 atom stereocenters. The highest BCUT2D eigenvalue weighted by molar-refractivity contribution is 6.78. The van der Waals surface area contributed by atoms with Crippen LogP contribution in [0.3, 0.4) is 0 Å². The van der Waals surface area contributed by atoms with Gasteiger partial charge in [-0.3, -0.25) is 9.59 Å². The fourth-order valence-electron chi connectivity index (χ4n) is 7.61. The Morgan fingerprint density at radius 2 is 1.43 bits per heavy atom. The molecule has 15 heteroatoms. The van der Waals surface area contributed by atoms with Crippen molar-refractivity contribution in [3.8, 4) is 23.1 Å². The Morgan fingerprint density at radius 1 is 0.821 bits per heavy atom. The first-order valence-corrected chi connectivity index (χ1v) is 22.6. The molecule has 0 spiro atoms. The zero-order valence-corrected chi connectivity index (χ0v) is 34.4. The second-order valence-electron chi connectivity index (χ2n) is 16.1. The largest absolute Gasteiger partial charge is 0.453 e. The Morgan fingerprint density at radius 3 is 2.05 bits per heavy atom. The number of benzene rings is 2. The maximum atomic E-state index is 13.8. The van der Waals surface area contributed by atoms with E-state index in [9.17, 15) is 19.2 Å². The molecular formula is C41H52N8O6Si. The van der Waals surface area contributed by atoms with Crippen molar-refractivity contribution in [2.75, 3.05) is 26.9 Å². The molecule has 4 amide bonds. The molecule has 4 N–H and O–H groups in total. The molecule has 2 saturated heterocycles. The number of carbonyl (C=O) groups is 4. The van der Waals surface area contributed by atoms with Crippen molar-refractivity contribution in [1.29, 1.82) is 0 Å². The van der Waals surface area contributed by atoms with Crippen LogP contribution in [0.5, 0.6) is 0 Å². The number of amides is 4. The normalized spacial score (nSPS) is 18.8. The minimum Gasteiger partial charge on any atom is -0.453 e. The molecule has 2 aromatic heterocycles. The number of methoxy groups -OCH3 is 2. The number of carbonyl (C=O) groups excluding carboxylic acids is 4. The summed E-state index contributed by atoms with van der Waals surface area (Å²) in [5.41, 5.74) is 5.05. The van der Waals surface area contributed by atoms with Gasteiger partial charge >= 0.3 is 12.2 Å². The molecule has 4 heterocycles. The Bertz CT molecular complexity index is 2150. The lowest BCUT2D eigenvalue weighted by Gasteiger charge is -2.30. The zero-order valence-electron chi connectivity index (χ0n) is 33.4. The van der Waals surface area contributed by atoms with Gasteiger partial charge in [-0.05, 0) is 66.6 Å². The minimum atomic E-state index is -1.75. The number of ether oxygens (including phenoxy) is 2. The maximum absolute atomic E-state index is 13.8. The predicted octanol–water partition coefficient (Wildman–Crippen LogP) is 5.91. The number of rotatable bonds is 9. The standard InChI is InChI=1S/C41H52N8O6Si/c1-24(2)34(46-40(52)54-5)38(50)48-19-9-10-32(48)37-43-29-18-15-27(20-30(29)44-37)12-11-26-13-16-28(17-14-26)31-21-42-36(45-31)33-22-56(7,8)23-49(33)39(51)35(25(3)4)47-41(53)55-6/h13-18,20-21,24-25,32-35H,9-10,19,22-23H2,1-8H3,(H,42,45)(H,43,44)(H,46,52)(H,47,53)/t32-,33-,34-,35-/m0/s1. The van der Waals surface area contributed by atoms with Crippen LogP contribution in [0.15, 0.2) is 48.7 Å². The number of imidazole rings is 2. The van der Waals surface area contributed by atoms with Crippen molar-refractivity contribution in [2.45, 2.75) is 83.8 Å². The van der Waals surface area contributed by atoms with Gasteiger partial charge in [0.2, 0.25) is 11.8 Å². The molecule has 0 saturated carbocycles. The summed E-state index contributed by atoms with van der Waals surface area (Å²) in [6.45, 7) is 12.7. The molecule has 56 heavy (non-hydrogen) atoms. The highest BCUT2D eigenvalue weighted by Gasteiger charge is 2.46. The van der Waals surface area contributed by atoms with E-state index >= 15 is 0 Å². The van der Waals surface area contributed by atoms with E-state index in [-0.39, 0.29) is 35.7 Å². The first-order chi connectivity index (χ1) is 26.7. The van der Waals surface area contributed by atoms with Crippen molar-refractivity contribution in [3.63, 3.8) is 0 Å². The van der Waals surface area contributed by atoms with Gasteiger partial charge in [-0.1, -0.05) is 64.8 Å². The number of hydrogen-bond donors (Lipinski definition) is 4. The second kappa shape index (κ2) is 16.6. The van der Waals surface area contributed by atoms with Crippen molar-refractivity contribution < 1.29 is 28.7 Å². The quantitative estimate of drug-likeness (QED) is 0.120. The number of aromatic amines is 2. The topological polar surface area (TPSA) is 175 Å². The summed E-state index contributed by atoms with van der Waals surface area (Å²) in [5.74, 6) is 7.45. The van der Waals surface area contributed by atoms with Crippen LogP contribution in [0.1, 0.15) is 75.4 Å². The maximum Gasteiger partial charge on any atom is 0.407 e. The van der Waals surface area contributed by atoms with Gasteiger partial charge in [-0.2, -0.15) is 0 Å². The summed E-state index contributed by atoms with van der Waals surface area (Å²) >= 11 is 0. The van der Waals surface area contributed by atoms with Crippen molar-refractivity contribution in [2.24, 2.45) is 11.8 Å². The van der Waals surface area contributed by atoms with E-state index in [1.54, 1.807) is 11.1 Å². The van der Waals surface area contributed by atoms with Gasteiger partial charge in [0, 0.05) is 23.8 Å². The molecule has 4 aromatic rings. The third-order valence-electron chi connectivity index (χ3n) is 10.6. The van der Waals surface area contributed by atoms with E-state index in [2.05, 4.69) is 45.5 Å². The number of fused-ring (bicyclic) bond motifs is 1. The number of hydrogen-bond acceptors (Lipinski definition) is 8. The lowest BCUT2D eigenvalue weighted by atomic mass is 10.0. The van der Waals surface area contributed by atoms with Gasteiger partial charge in [0.05, 0.1) is 57.3 Å². The Kier molecular flexibility index (Phi) is 11.9. The summed E-state index contributed by atoms with van der Waals surface area (Å²) in [5, 5.41) is 5.42. The monoisotopic (exact) mass is 780 g/mol. The lowest BCUT2D eigenvalue weighted by molar-refractivity contribution is -0.136. The molecule has 0 aliphatic carbocycles. The van der Waals surface area contributed by atoms with Crippen LogP contribution in [0.4, 0.5) is 9.59 Å². The number of H-pyrrole nitrogens is 2. The van der Waals surface area contributed by atoms with Gasteiger partial charge in [-0.25, -0.2) is 19.6 Å². The van der Waals surface area contributed by atoms with Crippen molar-refractivity contribution >= 4 is 43.1 Å². The molecule has 2 fully saturated rings. The molecule has 2 aliphatic heterocycles. The van der Waals surface area contributed by atoms with E-state index in [1.807, 2.05) is 75.1 Å². The number of aromatic nitrogens is 4. The van der Waals surface area contributed by atoms with E-state index in [1.165, 1.54) is 14.2 Å². The van der Waals surface area contributed by atoms with Crippen LogP contribution in [0.25, 0.3) is 22.3 Å². The molecule has 14 nitrogen and oxygen atoms in total. The SMILES string of the molecule is COC(=O)N[C@H](C(=O)N1C[Si](C)(C)C[C@H]1c1ncc(-c2ccc(C#Cc3ccc4[nH]c([C@@H]5CCCN5C(=O)[C@@H](NC(=O)OC)C(C)C)nc4c3)cc2)[nH]1)C(C)C. The van der Waals surface area contributed by atoms with Crippen LogP contribution >= 0.6 is 0 Å². The third-order valence-corrected chi connectivity index (χ3v) is 13.3. The van der Waals surface area contributed by atoms with Gasteiger partial charge < -0.3 is 39.9 Å². The predicted molar refractivity (Wildman–Crippen MR) is 215 cm³/mol. The lowest BCUT2D eigenvalue weighted by Crippen LogP contribution is -2.52. The molecule has 296 valence electrons. The fraction of sp³-hybridized carbons (Fsp3) is 0.463. The van der Waals surface area contributed by atoms with Crippen molar-refractivity contribution in [3.05, 3.63) is 71.4 Å². The molecular weight excluding hydrogens is 729 g/mol. The highest BCUT2D eigenvalue weighted by atomic mass is 28.3. The van der Waals surface area contributed by atoms with Gasteiger partial charge in [0.1, 0.15) is 23.7 Å². The minimum absolute atomic E-state index is 0.113. The third kappa shape index (κ3) is 8.75. The number of nitrogens with zero attached hydrogens (tertiary/aromatic N) is 4. The first-order valence-electron chi connectivity index (χ1n) is 19.1. The second-order valence-corrected chi connectivity index (χ2v) is 21.2. The average molecular weight is 781 g/mol. The van der Waals surface area contributed by atoms with Crippen LogP contribution in [-0.2, 0) is 19.1 Å². The Labute approximate surface area is 328 Å². The highest BCUT2D eigenvalue weighted by Crippen LogP contribution is 2.38. The number of likely N-dealkylation sites (tertiary alicyclic amines) is 1. The van der Waals surface area contributed by atoms with Gasteiger partial charge in [0.15, 0.2) is 0 Å². The molecule has 6 rings (SSSR count). The molecule has 0 radical (unpaired) electrons. The smallest absolute Gasteiger partial charge is 0.407 e. The van der Waals surface area contributed by atoms with E-state index in [0.29, 0.717) is 18.5 Å². The Hall–Kier alpha value is -5.62. The number of nitrogens with one attached hydrogen (secondary N) is 4. The zero-order chi connectivity index (χ0) is 40.3. The van der Waals surface area contributed by atoms with Crippen LogP contribution in [0.2, 0.25) is 19.1 Å². The van der Waals surface area contributed by atoms with Crippen LogP contribution in [-0.4, -0.2) is 101 Å².